The highest BCUT2D eigenvalue weighted by Gasteiger charge is 1.83. The third-order valence-electron chi connectivity index (χ3n) is 1.24. The topological polar surface area (TPSA) is 3.24 Å². The summed E-state index contributed by atoms with van der Waals surface area (Å²) in [7, 11) is 2.05. The summed E-state index contributed by atoms with van der Waals surface area (Å²) in [5.74, 6) is 0. The molecule has 1 heteroatoms. The molecule has 0 unspecified atom stereocenters. The summed E-state index contributed by atoms with van der Waals surface area (Å²) in [6.07, 6.45) is 3.93. The first-order valence-electron chi connectivity index (χ1n) is 3.21. The Morgan fingerprint density at radius 1 is 1.67 bits per heavy atom. The van der Waals surface area contributed by atoms with Crippen LogP contribution < -0.4 is 0 Å². The number of allylic oxidation sites excluding steroid dienone is 2. The molecule has 0 aliphatic heterocycles. The zero-order chi connectivity index (χ0) is 7.28. The zero-order valence-electron chi connectivity index (χ0n) is 6.52. The lowest BCUT2D eigenvalue weighted by Gasteiger charge is -2.10. The van der Waals surface area contributed by atoms with Gasteiger partial charge in [0.1, 0.15) is 0 Å². The second-order valence-electron chi connectivity index (χ2n) is 2.15. The molecule has 0 rings (SSSR count). The Kier molecular flexibility index (Phi) is 3.85. The molecule has 0 fully saturated rings. The van der Waals surface area contributed by atoms with Crippen LogP contribution >= 0.6 is 0 Å². The van der Waals surface area contributed by atoms with Crippen molar-refractivity contribution in [3.8, 4) is 0 Å². The average Bonchev–Trinajstić information content (AvgIpc) is 1.87. The summed E-state index contributed by atoms with van der Waals surface area (Å²) in [5, 5.41) is 0. The maximum absolute atomic E-state index is 3.65. The molecule has 0 heterocycles. The van der Waals surface area contributed by atoms with Crippen LogP contribution in [0.4, 0.5) is 0 Å². The molecule has 0 radical (unpaired) electrons. The van der Waals surface area contributed by atoms with Gasteiger partial charge in [-0.3, -0.25) is 0 Å². The van der Waals surface area contributed by atoms with E-state index in [2.05, 4.69) is 24.6 Å². The van der Waals surface area contributed by atoms with Crippen LogP contribution in [0.25, 0.3) is 0 Å². The SMILES string of the molecule is C=C/C(C)=C\N(C)CC. The van der Waals surface area contributed by atoms with Crippen molar-refractivity contribution in [1.82, 2.24) is 4.90 Å². The second kappa shape index (κ2) is 4.19. The zero-order valence-corrected chi connectivity index (χ0v) is 6.52. The van der Waals surface area contributed by atoms with Gasteiger partial charge in [-0.2, -0.15) is 0 Å². The molecule has 0 aliphatic carbocycles. The van der Waals surface area contributed by atoms with Gasteiger partial charge in [0.25, 0.3) is 0 Å². The molecule has 0 amide bonds. The van der Waals surface area contributed by atoms with E-state index >= 15 is 0 Å². The van der Waals surface area contributed by atoms with Crippen molar-refractivity contribution < 1.29 is 0 Å². The summed E-state index contributed by atoms with van der Waals surface area (Å²) in [4.78, 5) is 2.12. The monoisotopic (exact) mass is 125 g/mol. The molecular formula is C8H15N. The Morgan fingerprint density at radius 2 is 2.22 bits per heavy atom. The lowest BCUT2D eigenvalue weighted by molar-refractivity contribution is 0.481. The molecule has 0 saturated heterocycles. The highest BCUT2D eigenvalue weighted by molar-refractivity contribution is 5.11. The van der Waals surface area contributed by atoms with Crippen LogP contribution in [0.15, 0.2) is 24.4 Å². The summed E-state index contributed by atoms with van der Waals surface area (Å²) in [6.45, 7) is 8.86. The Balaban J connectivity index is 3.78. The van der Waals surface area contributed by atoms with Gasteiger partial charge in [0.05, 0.1) is 0 Å². The van der Waals surface area contributed by atoms with E-state index in [0.29, 0.717) is 0 Å². The van der Waals surface area contributed by atoms with Crippen LogP contribution in [0.2, 0.25) is 0 Å². The highest BCUT2D eigenvalue weighted by atomic mass is 15.1. The average molecular weight is 125 g/mol. The van der Waals surface area contributed by atoms with Crippen molar-refractivity contribution in [2.75, 3.05) is 13.6 Å². The molecule has 0 N–H and O–H groups in total. The smallest absolute Gasteiger partial charge is 0.0140 e. The fourth-order valence-electron chi connectivity index (χ4n) is 0.492. The van der Waals surface area contributed by atoms with Crippen molar-refractivity contribution in [1.29, 1.82) is 0 Å². The Labute approximate surface area is 57.7 Å². The van der Waals surface area contributed by atoms with Gasteiger partial charge in [0.2, 0.25) is 0 Å². The van der Waals surface area contributed by atoms with Crippen molar-refractivity contribution in [2.24, 2.45) is 0 Å². The van der Waals surface area contributed by atoms with E-state index in [0.717, 1.165) is 6.54 Å². The van der Waals surface area contributed by atoms with Gasteiger partial charge in [-0.1, -0.05) is 12.7 Å². The van der Waals surface area contributed by atoms with E-state index in [1.54, 1.807) is 0 Å². The van der Waals surface area contributed by atoms with Crippen LogP contribution in [0.5, 0.6) is 0 Å². The molecule has 1 nitrogen and oxygen atoms in total. The van der Waals surface area contributed by atoms with Crippen LogP contribution in [0, 0.1) is 0 Å². The Hall–Kier alpha value is -0.720. The normalized spacial score (nSPS) is 11.2. The molecular weight excluding hydrogens is 110 g/mol. The minimum absolute atomic E-state index is 1.05. The first kappa shape index (κ1) is 8.28. The summed E-state index contributed by atoms with van der Waals surface area (Å²) in [6, 6.07) is 0. The van der Waals surface area contributed by atoms with Gasteiger partial charge < -0.3 is 4.90 Å². The number of hydrogen-bond acceptors (Lipinski definition) is 1. The lowest BCUT2D eigenvalue weighted by atomic mass is 10.3. The van der Waals surface area contributed by atoms with E-state index in [-0.39, 0.29) is 0 Å². The fraction of sp³-hybridized carbons (Fsp3) is 0.500. The van der Waals surface area contributed by atoms with E-state index < -0.39 is 0 Å². The Morgan fingerprint density at radius 3 is 2.56 bits per heavy atom. The predicted molar refractivity (Wildman–Crippen MR) is 42.3 cm³/mol. The fourth-order valence-corrected chi connectivity index (χ4v) is 0.492. The standard InChI is InChI=1S/C8H15N/c1-5-8(3)7-9(4)6-2/h5,7H,1,6H2,2-4H3/b8-7-. The molecule has 0 saturated carbocycles. The van der Waals surface area contributed by atoms with Gasteiger partial charge >= 0.3 is 0 Å². The lowest BCUT2D eigenvalue weighted by Crippen LogP contribution is -2.09. The largest absolute Gasteiger partial charge is 0.380 e. The summed E-state index contributed by atoms with van der Waals surface area (Å²) >= 11 is 0. The van der Waals surface area contributed by atoms with Gasteiger partial charge in [-0.05, 0) is 19.4 Å². The Bertz CT molecular complexity index is 114. The number of rotatable bonds is 3. The third-order valence-corrected chi connectivity index (χ3v) is 1.24. The van der Waals surface area contributed by atoms with Crippen molar-refractivity contribution in [2.45, 2.75) is 13.8 Å². The van der Waals surface area contributed by atoms with Gasteiger partial charge in [0, 0.05) is 19.8 Å². The number of nitrogens with zero attached hydrogens (tertiary/aromatic N) is 1. The molecule has 0 aromatic rings. The second-order valence-corrected chi connectivity index (χ2v) is 2.15. The minimum atomic E-state index is 1.05. The van der Waals surface area contributed by atoms with Crippen molar-refractivity contribution in [3.63, 3.8) is 0 Å². The van der Waals surface area contributed by atoms with Crippen LogP contribution in [-0.4, -0.2) is 18.5 Å². The maximum atomic E-state index is 3.65. The van der Waals surface area contributed by atoms with Crippen molar-refractivity contribution in [3.05, 3.63) is 24.4 Å². The molecule has 52 valence electrons. The third kappa shape index (κ3) is 3.83. The summed E-state index contributed by atoms with van der Waals surface area (Å²) in [5.41, 5.74) is 1.21. The molecule has 0 aromatic heterocycles. The van der Waals surface area contributed by atoms with Crippen LogP contribution in [0.3, 0.4) is 0 Å². The predicted octanol–water partition coefficient (Wildman–Crippen LogP) is 2.03. The maximum Gasteiger partial charge on any atom is 0.0140 e. The van der Waals surface area contributed by atoms with Crippen LogP contribution in [0.1, 0.15) is 13.8 Å². The van der Waals surface area contributed by atoms with Gasteiger partial charge in [-0.25, -0.2) is 0 Å². The molecule has 0 spiro atoms. The van der Waals surface area contributed by atoms with Crippen molar-refractivity contribution >= 4 is 0 Å². The van der Waals surface area contributed by atoms with Gasteiger partial charge in [0.15, 0.2) is 0 Å². The van der Waals surface area contributed by atoms with E-state index in [1.165, 1.54) is 5.57 Å². The van der Waals surface area contributed by atoms with Gasteiger partial charge in [-0.15, -0.1) is 0 Å². The molecule has 0 atom stereocenters. The van der Waals surface area contributed by atoms with E-state index in [4.69, 9.17) is 0 Å². The number of hydrogen-bond donors (Lipinski definition) is 0. The molecule has 9 heavy (non-hydrogen) atoms. The summed E-state index contributed by atoms with van der Waals surface area (Å²) < 4.78 is 0. The van der Waals surface area contributed by atoms with E-state index in [1.807, 2.05) is 20.0 Å². The highest BCUT2D eigenvalue weighted by Crippen LogP contribution is 1.94. The first-order valence-corrected chi connectivity index (χ1v) is 3.21. The molecule has 0 aliphatic rings. The first-order chi connectivity index (χ1) is 4.20. The van der Waals surface area contributed by atoms with Crippen LogP contribution in [-0.2, 0) is 0 Å². The minimum Gasteiger partial charge on any atom is -0.380 e. The molecule has 0 bridgehead atoms. The molecule has 0 aromatic carbocycles. The quantitative estimate of drug-likeness (QED) is 0.522. The van der Waals surface area contributed by atoms with E-state index in [9.17, 15) is 0 Å².